The van der Waals surface area contributed by atoms with E-state index in [4.69, 9.17) is 9.47 Å². The van der Waals surface area contributed by atoms with E-state index in [9.17, 15) is 9.90 Å². The minimum atomic E-state index is -1.20. The molecule has 0 fully saturated rings. The fraction of sp³-hybridized carbons (Fsp3) is 0.211. The number of benzene rings is 2. The van der Waals surface area contributed by atoms with Crippen LogP contribution >= 0.6 is 0 Å². The van der Waals surface area contributed by atoms with Gasteiger partial charge in [-0.05, 0) is 30.7 Å². The zero-order chi connectivity index (χ0) is 17.4. The second kappa shape index (κ2) is 8.62. The van der Waals surface area contributed by atoms with Gasteiger partial charge in [-0.15, -0.1) is 0 Å². The normalized spacial score (nSPS) is 10.0. The van der Waals surface area contributed by atoms with Crippen molar-refractivity contribution < 1.29 is 19.4 Å². The van der Waals surface area contributed by atoms with Crippen molar-refractivity contribution in [1.82, 2.24) is 0 Å². The molecule has 0 atom stereocenters. The van der Waals surface area contributed by atoms with Crippen molar-refractivity contribution in [1.29, 1.82) is 0 Å². The molecule has 2 aromatic carbocycles. The summed E-state index contributed by atoms with van der Waals surface area (Å²) in [5, 5.41) is 14.1. The van der Waals surface area contributed by atoms with Gasteiger partial charge < -0.3 is 24.7 Å². The maximum atomic E-state index is 10.9. The molecule has 0 saturated heterocycles. The highest BCUT2D eigenvalue weighted by Crippen LogP contribution is 2.32. The average Bonchev–Trinajstić information content (AvgIpc) is 2.59. The Balaban J connectivity index is 2.19. The molecule has 0 aromatic heterocycles. The number of ether oxygens (including phenoxy) is 2. The maximum Gasteiger partial charge on any atom is 0.166 e. The third-order valence-electron chi connectivity index (χ3n) is 3.29. The summed E-state index contributed by atoms with van der Waals surface area (Å²) >= 11 is 0. The number of aromatic carboxylic acids is 1. The molecule has 5 heteroatoms. The molecule has 0 unspecified atom stereocenters. The summed E-state index contributed by atoms with van der Waals surface area (Å²) in [6.07, 6.45) is 1.67. The first-order valence-electron chi connectivity index (χ1n) is 7.69. The molecular formula is C19H20NO4-. The van der Waals surface area contributed by atoms with Crippen molar-refractivity contribution in [2.24, 2.45) is 0 Å². The minimum absolute atomic E-state index is 0.131. The predicted octanol–water partition coefficient (Wildman–Crippen LogP) is 2.63. The van der Waals surface area contributed by atoms with Crippen LogP contribution in [0, 0.1) is 0 Å². The van der Waals surface area contributed by atoms with Crippen molar-refractivity contribution >= 4 is 11.7 Å². The first-order valence-corrected chi connectivity index (χ1v) is 7.69. The number of carboxylic acids is 1. The van der Waals surface area contributed by atoms with Gasteiger partial charge in [-0.2, -0.15) is 0 Å². The van der Waals surface area contributed by atoms with Gasteiger partial charge in [0, 0.05) is 17.8 Å². The van der Waals surface area contributed by atoms with E-state index in [1.54, 1.807) is 18.2 Å². The number of anilines is 1. The van der Waals surface area contributed by atoms with Gasteiger partial charge in [0.1, 0.15) is 6.61 Å². The third-order valence-corrected chi connectivity index (χ3v) is 3.29. The van der Waals surface area contributed by atoms with Crippen LogP contribution in [0.3, 0.4) is 0 Å². The molecule has 0 radical (unpaired) electrons. The molecular weight excluding hydrogens is 306 g/mol. The Morgan fingerprint density at radius 3 is 2.75 bits per heavy atom. The number of nitrogens with one attached hydrogen (secondary N) is 1. The highest BCUT2D eigenvalue weighted by molar-refractivity contribution is 5.87. The summed E-state index contributed by atoms with van der Waals surface area (Å²) in [5.41, 5.74) is 1.72. The largest absolute Gasteiger partial charge is 0.545 e. The van der Waals surface area contributed by atoms with E-state index in [-0.39, 0.29) is 5.56 Å². The number of hydrogen-bond acceptors (Lipinski definition) is 5. The van der Waals surface area contributed by atoms with Gasteiger partial charge in [0.2, 0.25) is 0 Å². The molecule has 1 N–H and O–H groups in total. The Hall–Kier alpha value is -2.95. The molecule has 0 heterocycles. The Kier molecular flexibility index (Phi) is 6.25. The SMILES string of the molecule is C=CCOc1c(CNc2cccc(C(=O)[O-])c2)cccc1OCC. The zero-order valence-electron chi connectivity index (χ0n) is 13.6. The van der Waals surface area contributed by atoms with Gasteiger partial charge >= 0.3 is 0 Å². The molecule has 0 spiro atoms. The van der Waals surface area contributed by atoms with Crippen molar-refractivity contribution in [2.45, 2.75) is 13.5 Å². The van der Waals surface area contributed by atoms with Crippen LogP contribution in [0.2, 0.25) is 0 Å². The quantitative estimate of drug-likeness (QED) is 0.717. The van der Waals surface area contributed by atoms with Gasteiger partial charge in [0.25, 0.3) is 0 Å². The fourth-order valence-electron chi connectivity index (χ4n) is 2.23. The lowest BCUT2D eigenvalue weighted by Gasteiger charge is -2.16. The summed E-state index contributed by atoms with van der Waals surface area (Å²) in [7, 11) is 0. The van der Waals surface area contributed by atoms with Crippen molar-refractivity contribution in [3.05, 3.63) is 66.2 Å². The van der Waals surface area contributed by atoms with Gasteiger partial charge in [0.05, 0.1) is 12.6 Å². The van der Waals surface area contributed by atoms with Crippen molar-refractivity contribution in [2.75, 3.05) is 18.5 Å². The summed E-state index contributed by atoms with van der Waals surface area (Å²) in [4.78, 5) is 10.9. The Morgan fingerprint density at radius 2 is 2.04 bits per heavy atom. The van der Waals surface area contributed by atoms with E-state index in [0.29, 0.717) is 36.9 Å². The van der Waals surface area contributed by atoms with Crippen LogP contribution in [0.15, 0.2) is 55.1 Å². The zero-order valence-corrected chi connectivity index (χ0v) is 13.6. The first kappa shape index (κ1) is 17.4. The first-order chi connectivity index (χ1) is 11.7. The fourth-order valence-corrected chi connectivity index (χ4v) is 2.23. The van der Waals surface area contributed by atoms with Crippen LogP contribution in [-0.4, -0.2) is 19.2 Å². The number of carbonyl (C=O) groups excluding carboxylic acids is 1. The van der Waals surface area contributed by atoms with Crippen LogP contribution < -0.4 is 19.9 Å². The maximum absolute atomic E-state index is 10.9. The molecule has 0 aliphatic heterocycles. The molecule has 0 saturated carbocycles. The molecule has 0 aliphatic carbocycles. The number of rotatable bonds is 9. The summed E-state index contributed by atoms with van der Waals surface area (Å²) in [6, 6.07) is 12.2. The molecule has 5 nitrogen and oxygen atoms in total. The molecule has 0 aliphatic rings. The van der Waals surface area contributed by atoms with Crippen LogP contribution in [0.25, 0.3) is 0 Å². The van der Waals surface area contributed by atoms with E-state index in [2.05, 4.69) is 11.9 Å². The molecule has 24 heavy (non-hydrogen) atoms. The smallest absolute Gasteiger partial charge is 0.166 e. The van der Waals surface area contributed by atoms with E-state index in [1.165, 1.54) is 12.1 Å². The lowest BCUT2D eigenvalue weighted by atomic mass is 10.1. The van der Waals surface area contributed by atoms with Crippen LogP contribution in [0.5, 0.6) is 11.5 Å². The number of para-hydroxylation sites is 1. The third kappa shape index (κ3) is 4.52. The Bertz CT molecular complexity index is 712. The number of hydrogen-bond donors (Lipinski definition) is 1. The Labute approximate surface area is 141 Å². The van der Waals surface area contributed by atoms with Crippen LogP contribution in [0.1, 0.15) is 22.8 Å². The molecule has 0 amide bonds. The van der Waals surface area contributed by atoms with Gasteiger partial charge in [0.15, 0.2) is 11.5 Å². The second-order valence-corrected chi connectivity index (χ2v) is 5.00. The van der Waals surface area contributed by atoms with E-state index < -0.39 is 5.97 Å². The Morgan fingerprint density at radius 1 is 1.25 bits per heavy atom. The van der Waals surface area contributed by atoms with Crippen LogP contribution in [-0.2, 0) is 6.54 Å². The topological polar surface area (TPSA) is 70.6 Å². The standard InChI is InChI=1S/C19H21NO4/c1-3-11-24-18-15(8-6-10-17(18)23-4-2)13-20-16-9-5-7-14(12-16)19(21)22/h3,5-10,12,20H,1,4,11,13H2,2H3,(H,21,22)/p-1. The predicted molar refractivity (Wildman–Crippen MR) is 91.4 cm³/mol. The summed E-state index contributed by atoms with van der Waals surface area (Å²) < 4.78 is 11.3. The lowest BCUT2D eigenvalue weighted by Crippen LogP contribution is -2.22. The molecule has 0 bridgehead atoms. The number of carbonyl (C=O) groups is 1. The van der Waals surface area contributed by atoms with Crippen molar-refractivity contribution in [3.63, 3.8) is 0 Å². The van der Waals surface area contributed by atoms with Gasteiger partial charge in [-0.3, -0.25) is 0 Å². The van der Waals surface area contributed by atoms with Gasteiger partial charge in [-0.1, -0.05) is 36.9 Å². The second-order valence-electron chi connectivity index (χ2n) is 5.00. The highest BCUT2D eigenvalue weighted by Gasteiger charge is 2.10. The van der Waals surface area contributed by atoms with E-state index in [1.807, 2.05) is 25.1 Å². The monoisotopic (exact) mass is 326 g/mol. The highest BCUT2D eigenvalue weighted by atomic mass is 16.5. The number of carboxylic acid groups (broad SMARTS) is 1. The van der Waals surface area contributed by atoms with Gasteiger partial charge in [-0.25, -0.2) is 0 Å². The average molecular weight is 326 g/mol. The van der Waals surface area contributed by atoms with E-state index in [0.717, 1.165) is 5.56 Å². The minimum Gasteiger partial charge on any atom is -0.545 e. The molecule has 2 rings (SSSR count). The summed E-state index contributed by atoms with van der Waals surface area (Å²) in [6.45, 7) is 6.94. The lowest BCUT2D eigenvalue weighted by molar-refractivity contribution is -0.255. The summed E-state index contributed by atoms with van der Waals surface area (Å²) in [5.74, 6) is 0.122. The molecule has 2 aromatic rings. The van der Waals surface area contributed by atoms with Crippen LogP contribution in [0.4, 0.5) is 5.69 Å². The van der Waals surface area contributed by atoms with E-state index >= 15 is 0 Å². The molecule has 126 valence electrons. The van der Waals surface area contributed by atoms with Crippen molar-refractivity contribution in [3.8, 4) is 11.5 Å².